The summed E-state index contributed by atoms with van der Waals surface area (Å²) >= 11 is 3.48. The summed E-state index contributed by atoms with van der Waals surface area (Å²) in [7, 11) is 0. The zero-order chi connectivity index (χ0) is 13.1. The first kappa shape index (κ1) is 13.2. The number of aryl methyl sites for hydroxylation is 1. The molecule has 0 fully saturated rings. The van der Waals surface area contributed by atoms with Gasteiger partial charge in [-0.25, -0.2) is 4.68 Å². The number of nitrogens with two attached hydrogens (primary N) is 1. The van der Waals surface area contributed by atoms with E-state index in [1.165, 1.54) is 5.56 Å². The summed E-state index contributed by atoms with van der Waals surface area (Å²) in [5.41, 5.74) is 9.04. The largest absolute Gasteiger partial charge is 0.323 e. The van der Waals surface area contributed by atoms with Crippen molar-refractivity contribution in [3.63, 3.8) is 0 Å². The Morgan fingerprint density at radius 3 is 2.83 bits per heavy atom. The summed E-state index contributed by atoms with van der Waals surface area (Å²) in [6.45, 7) is 4.16. The maximum Gasteiger partial charge on any atom is 0.0998 e. The minimum Gasteiger partial charge on any atom is -0.323 e. The van der Waals surface area contributed by atoms with Gasteiger partial charge in [-0.3, -0.25) is 0 Å². The van der Waals surface area contributed by atoms with Crippen molar-refractivity contribution >= 4 is 15.9 Å². The van der Waals surface area contributed by atoms with Crippen molar-refractivity contribution in [2.45, 2.75) is 32.7 Å². The Morgan fingerprint density at radius 2 is 2.17 bits per heavy atom. The van der Waals surface area contributed by atoms with E-state index in [1.807, 2.05) is 12.3 Å². The summed E-state index contributed by atoms with van der Waals surface area (Å²) in [6, 6.07) is 6.10. The van der Waals surface area contributed by atoms with Gasteiger partial charge < -0.3 is 5.73 Å². The van der Waals surface area contributed by atoms with Crippen molar-refractivity contribution in [3.05, 3.63) is 40.1 Å². The number of nitrogens with zero attached hydrogens (tertiary/aromatic N) is 3. The van der Waals surface area contributed by atoms with Crippen molar-refractivity contribution in [2.75, 3.05) is 0 Å². The average Bonchev–Trinajstić information content (AvgIpc) is 2.77. The fourth-order valence-electron chi connectivity index (χ4n) is 1.88. The Kier molecular flexibility index (Phi) is 4.14. The topological polar surface area (TPSA) is 56.7 Å². The third kappa shape index (κ3) is 2.97. The van der Waals surface area contributed by atoms with E-state index in [0.29, 0.717) is 0 Å². The summed E-state index contributed by atoms with van der Waals surface area (Å²) in [4.78, 5) is 0. The van der Waals surface area contributed by atoms with Crippen LogP contribution in [-0.2, 0) is 0 Å². The number of aromatic nitrogens is 3. The van der Waals surface area contributed by atoms with Crippen LogP contribution >= 0.6 is 15.9 Å². The van der Waals surface area contributed by atoms with Crippen LogP contribution in [0.25, 0.3) is 5.69 Å². The van der Waals surface area contributed by atoms with Gasteiger partial charge in [0.1, 0.15) is 0 Å². The van der Waals surface area contributed by atoms with E-state index in [-0.39, 0.29) is 6.04 Å². The van der Waals surface area contributed by atoms with Gasteiger partial charge in [0, 0.05) is 4.47 Å². The molecule has 5 heteroatoms. The van der Waals surface area contributed by atoms with Gasteiger partial charge in [-0.15, -0.1) is 5.10 Å². The van der Waals surface area contributed by atoms with Gasteiger partial charge in [0.2, 0.25) is 0 Å². The van der Waals surface area contributed by atoms with Crippen molar-refractivity contribution < 1.29 is 0 Å². The van der Waals surface area contributed by atoms with Gasteiger partial charge in [0.25, 0.3) is 0 Å². The minimum atomic E-state index is -0.0306. The SMILES string of the molecule is CCCC(N)c1cn(-c2cc(C)cc(Br)c2)nn1. The molecule has 0 radical (unpaired) electrons. The Hall–Kier alpha value is -1.20. The summed E-state index contributed by atoms with van der Waals surface area (Å²) in [5.74, 6) is 0. The first-order chi connectivity index (χ1) is 8.60. The molecule has 1 atom stereocenters. The van der Waals surface area contributed by atoms with Crippen LogP contribution < -0.4 is 5.73 Å². The monoisotopic (exact) mass is 308 g/mol. The van der Waals surface area contributed by atoms with Gasteiger partial charge in [-0.2, -0.15) is 0 Å². The molecule has 0 amide bonds. The second-order valence-electron chi connectivity index (χ2n) is 4.47. The maximum atomic E-state index is 6.03. The maximum absolute atomic E-state index is 6.03. The number of benzene rings is 1. The second-order valence-corrected chi connectivity index (χ2v) is 5.39. The molecular formula is C13H17BrN4. The van der Waals surface area contributed by atoms with Crippen molar-refractivity contribution in [2.24, 2.45) is 5.73 Å². The zero-order valence-electron chi connectivity index (χ0n) is 10.6. The molecule has 1 unspecified atom stereocenters. The highest BCUT2D eigenvalue weighted by Gasteiger charge is 2.10. The molecule has 4 nitrogen and oxygen atoms in total. The molecular weight excluding hydrogens is 292 g/mol. The molecule has 0 spiro atoms. The lowest BCUT2D eigenvalue weighted by atomic mass is 10.1. The number of hydrogen-bond acceptors (Lipinski definition) is 3. The van der Waals surface area contributed by atoms with Crippen molar-refractivity contribution in [1.29, 1.82) is 0 Å². The normalized spacial score (nSPS) is 12.7. The summed E-state index contributed by atoms with van der Waals surface area (Å²) < 4.78 is 2.80. The molecule has 2 rings (SSSR count). The van der Waals surface area contributed by atoms with Crippen LogP contribution in [0.5, 0.6) is 0 Å². The number of rotatable bonds is 4. The van der Waals surface area contributed by atoms with E-state index in [0.717, 1.165) is 28.7 Å². The highest BCUT2D eigenvalue weighted by atomic mass is 79.9. The van der Waals surface area contributed by atoms with Gasteiger partial charge in [-0.05, 0) is 37.1 Å². The number of halogens is 1. The van der Waals surface area contributed by atoms with Crippen LogP contribution in [0.15, 0.2) is 28.9 Å². The van der Waals surface area contributed by atoms with Gasteiger partial charge >= 0.3 is 0 Å². The van der Waals surface area contributed by atoms with E-state index < -0.39 is 0 Å². The number of hydrogen-bond donors (Lipinski definition) is 1. The lowest BCUT2D eigenvalue weighted by Crippen LogP contribution is -2.10. The van der Waals surface area contributed by atoms with Gasteiger partial charge in [0.05, 0.1) is 23.6 Å². The molecule has 0 bridgehead atoms. The van der Waals surface area contributed by atoms with Gasteiger partial charge in [0.15, 0.2) is 0 Å². The molecule has 0 aliphatic rings. The fourth-order valence-corrected chi connectivity index (χ4v) is 2.48. The molecule has 2 N–H and O–H groups in total. The molecule has 18 heavy (non-hydrogen) atoms. The first-order valence-electron chi connectivity index (χ1n) is 6.05. The third-order valence-electron chi connectivity index (χ3n) is 2.78. The van der Waals surface area contributed by atoms with Crippen LogP contribution in [0.3, 0.4) is 0 Å². The van der Waals surface area contributed by atoms with Crippen LogP contribution in [0.2, 0.25) is 0 Å². The zero-order valence-corrected chi connectivity index (χ0v) is 12.2. The highest BCUT2D eigenvalue weighted by molar-refractivity contribution is 9.10. The standard InChI is InChI=1S/C13H17BrN4/c1-3-4-12(15)13-8-18(17-16-13)11-6-9(2)5-10(14)7-11/h5-8,12H,3-4,15H2,1-2H3. The molecule has 0 aliphatic carbocycles. The Morgan fingerprint density at radius 1 is 1.39 bits per heavy atom. The molecule has 1 aromatic carbocycles. The molecule has 1 aromatic heterocycles. The smallest absolute Gasteiger partial charge is 0.0998 e. The van der Waals surface area contributed by atoms with Crippen LogP contribution in [0, 0.1) is 6.92 Å². The Bertz CT molecular complexity index is 515. The quantitative estimate of drug-likeness (QED) is 0.944. The summed E-state index contributed by atoms with van der Waals surface area (Å²) in [5, 5.41) is 8.28. The predicted molar refractivity (Wildman–Crippen MR) is 75.6 cm³/mol. The molecule has 2 aromatic rings. The van der Waals surface area contributed by atoms with Crippen molar-refractivity contribution in [1.82, 2.24) is 15.0 Å². The molecule has 0 aliphatic heterocycles. The summed E-state index contributed by atoms with van der Waals surface area (Å²) in [6.07, 6.45) is 3.88. The fraction of sp³-hybridized carbons (Fsp3) is 0.385. The lowest BCUT2D eigenvalue weighted by molar-refractivity contribution is 0.619. The highest BCUT2D eigenvalue weighted by Crippen LogP contribution is 2.19. The van der Waals surface area contributed by atoms with E-state index >= 15 is 0 Å². The van der Waals surface area contributed by atoms with Crippen LogP contribution in [0.1, 0.15) is 37.1 Å². The predicted octanol–water partition coefficient (Wildman–Crippen LogP) is 3.14. The third-order valence-corrected chi connectivity index (χ3v) is 3.24. The van der Waals surface area contributed by atoms with Crippen LogP contribution in [-0.4, -0.2) is 15.0 Å². The van der Waals surface area contributed by atoms with E-state index in [1.54, 1.807) is 4.68 Å². The molecule has 1 heterocycles. The van der Waals surface area contributed by atoms with E-state index in [2.05, 4.69) is 52.2 Å². The van der Waals surface area contributed by atoms with Crippen LogP contribution in [0.4, 0.5) is 0 Å². The Labute approximate surface area is 115 Å². The van der Waals surface area contributed by atoms with Gasteiger partial charge in [-0.1, -0.05) is 34.5 Å². The average molecular weight is 309 g/mol. The molecule has 0 saturated heterocycles. The molecule has 96 valence electrons. The molecule has 0 saturated carbocycles. The Balaban J connectivity index is 2.29. The van der Waals surface area contributed by atoms with E-state index in [4.69, 9.17) is 5.73 Å². The second kappa shape index (κ2) is 5.63. The van der Waals surface area contributed by atoms with Crippen molar-refractivity contribution in [3.8, 4) is 5.69 Å². The minimum absolute atomic E-state index is 0.0306. The lowest BCUT2D eigenvalue weighted by Gasteiger charge is -2.05. The van der Waals surface area contributed by atoms with E-state index in [9.17, 15) is 0 Å². The first-order valence-corrected chi connectivity index (χ1v) is 6.85.